The second-order valence-corrected chi connectivity index (χ2v) is 5.77. The van der Waals surface area contributed by atoms with Crippen LogP contribution < -0.4 is 5.32 Å². The van der Waals surface area contributed by atoms with Crippen LogP contribution >= 0.6 is 0 Å². The van der Waals surface area contributed by atoms with E-state index < -0.39 is 0 Å². The SMILES string of the molecule is CNC1CCN(C(=O)C2CCc3ccccc3C2)C1. The summed E-state index contributed by atoms with van der Waals surface area (Å²) in [6.45, 7) is 1.80. The average molecular weight is 258 g/mol. The number of likely N-dealkylation sites (N-methyl/N-ethyl adjacent to an activating group) is 1. The van der Waals surface area contributed by atoms with Gasteiger partial charge in [0.15, 0.2) is 0 Å². The number of hydrogen-bond donors (Lipinski definition) is 1. The van der Waals surface area contributed by atoms with E-state index in [0.717, 1.165) is 38.8 Å². The molecular weight excluding hydrogens is 236 g/mol. The van der Waals surface area contributed by atoms with Gasteiger partial charge in [-0.05, 0) is 43.9 Å². The summed E-state index contributed by atoms with van der Waals surface area (Å²) in [4.78, 5) is 14.6. The predicted octanol–water partition coefficient (Wildman–Crippen LogP) is 1.61. The maximum atomic E-state index is 12.6. The molecule has 1 fully saturated rings. The van der Waals surface area contributed by atoms with E-state index in [2.05, 4.69) is 34.5 Å². The summed E-state index contributed by atoms with van der Waals surface area (Å²) >= 11 is 0. The first-order chi connectivity index (χ1) is 9.28. The molecule has 1 amide bonds. The maximum absolute atomic E-state index is 12.6. The average Bonchev–Trinajstić information content (AvgIpc) is 2.95. The van der Waals surface area contributed by atoms with E-state index in [1.54, 1.807) is 0 Å². The van der Waals surface area contributed by atoms with Crippen LogP contribution in [0.2, 0.25) is 0 Å². The summed E-state index contributed by atoms with van der Waals surface area (Å²) in [6.07, 6.45) is 4.08. The first-order valence-electron chi connectivity index (χ1n) is 7.30. The van der Waals surface area contributed by atoms with Crippen LogP contribution in [-0.2, 0) is 17.6 Å². The lowest BCUT2D eigenvalue weighted by atomic mass is 9.83. The number of hydrogen-bond acceptors (Lipinski definition) is 2. The molecule has 3 rings (SSSR count). The summed E-state index contributed by atoms with van der Waals surface area (Å²) in [6, 6.07) is 9.04. The van der Waals surface area contributed by atoms with E-state index in [1.165, 1.54) is 11.1 Å². The molecule has 0 radical (unpaired) electrons. The maximum Gasteiger partial charge on any atom is 0.226 e. The van der Waals surface area contributed by atoms with Gasteiger partial charge in [-0.2, -0.15) is 0 Å². The van der Waals surface area contributed by atoms with Crippen LogP contribution in [0.25, 0.3) is 0 Å². The van der Waals surface area contributed by atoms with Gasteiger partial charge in [0.1, 0.15) is 0 Å². The molecule has 3 nitrogen and oxygen atoms in total. The molecule has 1 aliphatic heterocycles. The molecule has 2 atom stereocenters. The molecule has 0 saturated carbocycles. The van der Waals surface area contributed by atoms with Crippen LogP contribution in [0.3, 0.4) is 0 Å². The van der Waals surface area contributed by atoms with E-state index in [4.69, 9.17) is 0 Å². The Hall–Kier alpha value is -1.35. The fourth-order valence-electron chi connectivity index (χ4n) is 3.36. The molecule has 1 aromatic rings. The molecule has 0 bridgehead atoms. The molecule has 2 aliphatic rings. The number of likely N-dealkylation sites (tertiary alicyclic amines) is 1. The number of aryl methyl sites for hydroxylation is 1. The fraction of sp³-hybridized carbons (Fsp3) is 0.562. The number of carbonyl (C=O) groups excluding carboxylic acids is 1. The van der Waals surface area contributed by atoms with Crippen LogP contribution in [0.4, 0.5) is 0 Å². The molecular formula is C16H22N2O. The number of rotatable bonds is 2. The molecule has 1 aromatic carbocycles. The van der Waals surface area contributed by atoms with Crippen molar-refractivity contribution in [2.75, 3.05) is 20.1 Å². The number of benzene rings is 1. The molecule has 102 valence electrons. The van der Waals surface area contributed by atoms with Crippen molar-refractivity contribution in [3.05, 3.63) is 35.4 Å². The van der Waals surface area contributed by atoms with E-state index >= 15 is 0 Å². The largest absolute Gasteiger partial charge is 0.341 e. The van der Waals surface area contributed by atoms with Gasteiger partial charge in [-0.25, -0.2) is 0 Å². The van der Waals surface area contributed by atoms with Crippen LogP contribution in [0.5, 0.6) is 0 Å². The molecule has 2 unspecified atom stereocenters. The second-order valence-electron chi connectivity index (χ2n) is 5.77. The molecule has 1 saturated heterocycles. The van der Waals surface area contributed by atoms with Gasteiger partial charge in [-0.15, -0.1) is 0 Å². The van der Waals surface area contributed by atoms with Gasteiger partial charge < -0.3 is 10.2 Å². The number of nitrogens with one attached hydrogen (secondary N) is 1. The highest BCUT2D eigenvalue weighted by molar-refractivity contribution is 5.80. The Morgan fingerprint density at radius 2 is 2.05 bits per heavy atom. The van der Waals surface area contributed by atoms with Crippen LogP contribution in [0.15, 0.2) is 24.3 Å². The lowest BCUT2D eigenvalue weighted by Crippen LogP contribution is -2.39. The van der Waals surface area contributed by atoms with Crippen LogP contribution in [0.1, 0.15) is 24.0 Å². The molecule has 1 N–H and O–H groups in total. The second kappa shape index (κ2) is 5.33. The van der Waals surface area contributed by atoms with Gasteiger partial charge in [0.2, 0.25) is 5.91 Å². The van der Waals surface area contributed by atoms with Gasteiger partial charge in [0.25, 0.3) is 0 Å². The van der Waals surface area contributed by atoms with Gasteiger partial charge >= 0.3 is 0 Å². The fourth-order valence-corrected chi connectivity index (χ4v) is 3.36. The molecule has 0 aromatic heterocycles. The van der Waals surface area contributed by atoms with Crippen LogP contribution in [0, 0.1) is 5.92 Å². The lowest BCUT2D eigenvalue weighted by molar-refractivity contribution is -0.134. The Kier molecular flexibility index (Phi) is 3.56. The third kappa shape index (κ3) is 2.52. The van der Waals surface area contributed by atoms with Gasteiger partial charge in [0, 0.05) is 25.0 Å². The minimum Gasteiger partial charge on any atom is -0.341 e. The van der Waals surface area contributed by atoms with Crippen molar-refractivity contribution in [3.8, 4) is 0 Å². The molecule has 1 heterocycles. The normalized spacial score (nSPS) is 26.3. The van der Waals surface area contributed by atoms with Gasteiger partial charge in [0.05, 0.1) is 0 Å². The smallest absolute Gasteiger partial charge is 0.226 e. The number of carbonyl (C=O) groups is 1. The van der Waals surface area contributed by atoms with Crippen molar-refractivity contribution in [1.82, 2.24) is 10.2 Å². The Labute approximate surface area is 115 Å². The van der Waals surface area contributed by atoms with Crippen molar-refractivity contribution >= 4 is 5.91 Å². The highest BCUT2D eigenvalue weighted by Gasteiger charge is 2.32. The lowest BCUT2D eigenvalue weighted by Gasteiger charge is -2.27. The Morgan fingerprint density at radius 1 is 1.26 bits per heavy atom. The van der Waals surface area contributed by atoms with Crippen molar-refractivity contribution in [1.29, 1.82) is 0 Å². The molecule has 3 heteroatoms. The van der Waals surface area contributed by atoms with E-state index in [-0.39, 0.29) is 5.92 Å². The van der Waals surface area contributed by atoms with Crippen LogP contribution in [-0.4, -0.2) is 37.0 Å². The highest BCUT2D eigenvalue weighted by atomic mass is 16.2. The standard InChI is InChI=1S/C16H22N2O/c1-17-15-8-9-18(11-15)16(19)14-7-6-12-4-2-3-5-13(12)10-14/h2-5,14-15,17H,6-11H2,1H3. The first kappa shape index (κ1) is 12.7. The summed E-state index contributed by atoms with van der Waals surface area (Å²) in [5, 5.41) is 3.27. The Morgan fingerprint density at radius 3 is 2.79 bits per heavy atom. The summed E-state index contributed by atoms with van der Waals surface area (Å²) in [5.74, 6) is 0.567. The van der Waals surface area contributed by atoms with E-state index in [1.807, 2.05) is 7.05 Å². The predicted molar refractivity (Wildman–Crippen MR) is 76.0 cm³/mol. The molecule has 0 spiro atoms. The third-order valence-electron chi connectivity index (χ3n) is 4.60. The highest BCUT2D eigenvalue weighted by Crippen LogP contribution is 2.27. The first-order valence-corrected chi connectivity index (χ1v) is 7.30. The Bertz CT molecular complexity index is 472. The van der Waals surface area contributed by atoms with Crippen molar-refractivity contribution in [2.45, 2.75) is 31.7 Å². The zero-order chi connectivity index (χ0) is 13.2. The van der Waals surface area contributed by atoms with Gasteiger partial charge in [-0.1, -0.05) is 24.3 Å². The number of nitrogens with zero attached hydrogens (tertiary/aromatic N) is 1. The van der Waals surface area contributed by atoms with Crippen molar-refractivity contribution < 1.29 is 4.79 Å². The van der Waals surface area contributed by atoms with E-state index in [0.29, 0.717) is 11.9 Å². The summed E-state index contributed by atoms with van der Waals surface area (Å²) in [5.41, 5.74) is 2.80. The van der Waals surface area contributed by atoms with Crippen molar-refractivity contribution in [2.24, 2.45) is 5.92 Å². The topological polar surface area (TPSA) is 32.3 Å². The van der Waals surface area contributed by atoms with Crippen molar-refractivity contribution in [3.63, 3.8) is 0 Å². The monoisotopic (exact) mass is 258 g/mol. The Balaban J connectivity index is 1.66. The van der Waals surface area contributed by atoms with Gasteiger partial charge in [-0.3, -0.25) is 4.79 Å². The number of fused-ring (bicyclic) bond motifs is 1. The third-order valence-corrected chi connectivity index (χ3v) is 4.60. The summed E-state index contributed by atoms with van der Waals surface area (Å²) < 4.78 is 0. The zero-order valence-electron chi connectivity index (χ0n) is 11.6. The minimum absolute atomic E-state index is 0.200. The minimum atomic E-state index is 0.200. The quantitative estimate of drug-likeness (QED) is 0.874. The van der Waals surface area contributed by atoms with E-state index in [9.17, 15) is 4.79 Å². The summed E-state index contributed by atoms with van der Waals surface area (Å²) in [7, 11) is 1.98. The molecule has 1 aliphatic carbocycles. The zero-order valence-corrected chi connectivity index (χ0v) is 11.6. The molecule has 19 heavy (non-hydrogen) atoms. The number of amides is 1.